The van der Waals surface area contributed by atoms with Crippen LogP contribution < -0.4 is 5.32 Å². The van der Waals surface area contributed by atoms with Gasteiger partial charge in [0.2, 0.25) is 0 Å². The molecule has 2 aromatic heterocycles. The molecule has 142 valence electrons. The fourth-order valence-electron chi connectivity index (χ4n) is 3.83. The Morgan fingerprint density at radius 3 is 2.70 bits per heavy atom. The van der Waals surface area contributed by atoms with Crippen LogP contribution in [-0.2, 0) is 4.79 Å². The van der Waals surface area contributed by atoms with E-state index in [1.807, 2.05) is 37.5 Å². The van der Waals surface area contributed by atoms with Gasteiger partial charge in [-0.1, -0.05) is 24.9 Å². The first kappa shape index (κ1) is 19.0. The number of hydrogen-bond acceptors (Lipinski definition) is 4. The topological polar surface area (TPSA) is 83.9 Å². The highest BCUT2D eigenvalue weighted by molar-refractivity contribution is 6.02. The monoisotopic (exact) mass is 366 g/mol. The standard InChI is InChI=1S/C21H26N4O2/c1-13-7-5-6-8-19(13)23-21(26)18(12-22)11-17-9-14(2)25(16(17)4)20-10-15(3)27-24-20/h9-11,13,19H,5-8H2,1-4H3,(H,23,26)/b18-11+/t13-,19-/m0/s1. The molecule has 0 saturated heterocycles. The number of nitrogens with one attached hydrogen (secondary N) is 1. The Kier molecular flexibility index (Phi) is 5.50. The molecule has 1 aliphatic carbocycles. The number of nitriles is 1. The summed E-state index contributed by atoms with van der Waals surface area (Å²) in [7, 11) is 0. The molecule has 1 aliphatic rings. The lowest BCUT2D eigenvalue weighted by atomic mass is 9.86. The van der Waals surface area contributed by atoms with Crippen LogP contribution in [0.15, 0.2) is 22.2 Å². The van der Waals surface area contributed by atoms with Crippen LogP contribution in [0.2, 0.25) is 0 Å². The predicted molar refractivity (Wildman–Crippen MR) is 103 cm³/mol. The predicted octanol–water partition coefficient (Wildman–Crippen LogP) is 3.99. The average molecular weight is 366 g/mol. The van der Waals surface area contributed by atoms with Gasteiger partial charge < -0.3 is 9.84 Å². The van der Waals surface area contributed by atoms with Crippen molar-refractivity contribution in [3.05, 3.63) is 40.4 Å². The molecule has 2 aromatic rings. The van der Waals surface area contributed by atoms with Gasteiger partial charge in [0.05, 0.1) is 0 Å². The van der Waals surface area contributed by atoms with Crippen molar-refractivity contribution in [2.45, 2.75) is 59.4 Å². The lowest BCUT2D eigenvalue weighted by molar-refractivity contribution is -0.118. The molecule has 0 radical (unpaired) electrons. The Morgan fingerprint density at radius 1 is 1.33 bits per heavy atom. The SMILES string of the molecule is Cc1cc(-n2c(C)cc(/C=C(\C#N)C(=O)N[C@H]3CCCC[C@@H]3C)c2C)no1. The van der Waals surface area contributed by atoms with Crippen molar-refractivity contribution in [3.8, 4) is 11.9 Å². The second-order valence-corrected chi connectivity index (χ2v) is 7.47. The van der Waals surface area contributed by atoms with E-state index < -0.39 is 0 Å². The Hall–Kier alpha value is -2.81. The molecule has 6 heteroatoms. The number of aromatic nitrogens is 2. The quantitative estimate of drug-likeness (QED) is 0.655. The van der Waals surface area contributed by atoms with E-state index in [0.29, 0.717) is 11.7 Å². The molecule has 1 fully saturated rings. The van der Waals surface area contributed by atoms with Crippen molar-refractivity contribution in [1.29, 1.82) is 5.26 Å². The van der Waals surface area contributed by atoms with Crippen molar-refractivity contribution in [2.24, 2.45) is 5.92 Å². The number of carbonyl (C=O) groups is 1. The van der Waals surface area contributed by atoms with Crippen LogP contribution in [0.3, 0.4) is 0 Å². The summed E-state index contributed by atoms with van der Waals surface area (Å²) >= 11 is 0. The largest absolute Gasteiger partial charge is 0.360 e. The third-order valence-corrected chi connectivity index (χ3v) is 5.41. The summed E-state index contributed by atoms with van der Waals surface area (Å²) in [6.07, 6.45) is 6.09. The number of aryl methyl sites for hydroxylation is 2. The number of amides is 1. The number of rotatable bonds is 4. The van der Waals surface area contributed by atoms with Crippen LogP contribution in [0.4, 0.5) is 0 Å². The molecule has 27 heavy (non-hydrogen) atoms. The third-order valence-electron chi connectivity index (χ3n) is 5.41. The molecular formula is C21H26N4O2. The maximum atomic E-state index is 12.6. The van der Waals surface area contributed by atoms with Gasteiger partial charge in [-0.2, -0.15) is 5.26 Å². The number of nitrogens with zero attached hydrogens (tertiary/aromatic N) is 3. The summed E-state index contributed by atoms with van der Waals surface area (Å²) in [5.41, 5.74) is 2.83. The molecule has 2 atom stereocenters. The van der Waals surface area contributed by atoms with Crippen LogP contribution in [-0.4, -0.2) is 21.7 Å². The minimum atomic E-state index is -0.293. The van der Waals surface area contributed by atoms with E-state index in [2.05, 4.69) is 23.5 Å². The van der Waals surface area contributed by atoms with Crippen molar-refractivity contribution >= 4 is 12.0 Å². The fourth-order valence-corrected chi connectivity index (χ4v) is 3.83. The van der Waals surface area contributed by atoms with Crippen molar-refractivity contribution in [1.82, 2.24) is 15.0 Å². The lowest BCUT2D eigenvalue weighted by Gasteiger charge is -2.29. The van der Waals surface area contributed by atoms with Crippen LogP contribution >= 0.6 is 0 Å². The molecule has 3 rings (SSSR count). The van der Waals surface area contributed by atoms with E-state index in [1.165, 1.54) is 6.42 Å². The molecule has 0 unspecified atom stereocenters. The van der Waals surface area contributed by atoms with E-state index >= 15 is 0 Å². The van der Waals surface area contributed by atoms with Crippen LogP contribution in [0.1, 0.15) is 55.3 Å². The van der Waals surface area contributed by atoms with Gasteiger partial charge in [0.15, 0.2) is 5.82 Å². The van der Waals surface area contributed by atoms with E-state index in [-0.39, 0.29) is 17.5 Å². The van der Waals surface area contributed by atoms with Gasteiger partial charge in [-0.15, -0.1) is 0 Å². The van der Waals surface area contributed by atoms with Crippen LogP contribution in [0.5, 0.6) is 0 Å². The Morgan fingerprint density at radius 2 is 2.07 bits per heavy atom. The first-order valence-electron chi connectivity index (χ1n) is 9.46. The summed E-state index contributed by atoms with van der Waals surface area (Å²) in [5.74, 6) is 1.58. The zero-order valence-corrected chi connectivity index (χ0v) is 16.4. The minimum Gasteiger partial charge on any atom is -0.360 e. The second-order valence-electron chi connectivity index (χ2n) is 7.47. The molecule has 1 saturated carbocycles. The van der Waals surface area contributed by atoms with Gasteiger partial charge in [-0.3, -0.25) is 9.36 Å². The van der Waals surface area contributed by atoms with E-state index in [1.54, 1.807) is 6.08 Å². The summed E-state index contributed by atoms with van der Waals surface area (Å²) in [4.78, 5) is 12.6. The Bertz CT molecular complexity index is 913. The third kappa shape index (κ3) is 3.97. The lowest BCUT2D eigenvalue weighted by Crippen LogP contribution is -2.41. The molecule has 1 amide bonds. The summed E-state index contributed by atoms with van der Waals surface area (Å²) < 4.78 is 7.13. The Labute approximate surface area is 159 Å². The smallest absolute Gasteiger partial charge is 0.262 e. The van der Waals surface area contributed by atoms with Gasteiger partial charge >= 0.3 is 0 Å². The zero-order chi connectivity index (χ0) is 19.6. The van der Waals surface area contributed by atoms with Crippen molar-refractivity contribution < 1.29 is 9.32 Å². The van der Waals surface area contributed by atoms with Crippen molar-refractivity contribution in [2.75, 3.05) is 0 Å². The van der Waals surface area contributed by atoms with Crippen LogP contribution in [0.25, 0.3) is 11.9 Å². The van der Waals surface area contributed by atoms with Gasteiger partial charge in [-0.05, 0) is 57.2 Å². The summed E-state index contributed by atoms with van der Waals surface area (Å²) in [6, 6.07) is 6.02. The summed E-state index contributed by atoms with van der Waals surface area (Å²) in [5, 5.41) is 16.6. The molecular weight excluding hydrogens is 340 g/mol. The second kappa shape index (κ2) is 7.83. The van der Waals surface area contributed by atoms with E-state index in [0.717, 1.165) is 42.0 Å². The molecule has 2 heterocycles. The highest BCUT2D eigenvalue weighted by atomic mass is 16.5. The van der Waals surface area contributed by atoms with Gasteiger partial charge in [-0.25, -0.2) is 0 Å². The molecule has 0 aromatic carbocycles. The van der Waals surface area contributed by atoms with Gasteiger partial charge in [0, 0.05) is 23.5 Å². The van der Waals surface area contributed by atoms with E-state index in [9.17, 15) is 10.1 Å². The fraction of sp³-hybridized carbons (Fsp3) is 0.476. The minimum absolute atomic E-state index is 0.129. The molecule has 0 aliphatic heterocycles. The van der Waals surface area contributed by atoms with E-state index in [4.69, 9.17) is 4.52 Å². The maximum absolute atomic E-state index is 12.6. The van der Waals surface area contributed by atoms with Crippen LogP contribution in [0, 0.1) is 38.0 Å². The molecule has 6 nitrogen and oxygen atoms in total. The molecule has 0 spiro atoms. The van der Waals surface area contributed by atoms with Crippen molar-refractivity contribution in [3.63, 3.8) is 0 Å². The Balaban J connectivity index is 1.85. The highest BCUT2D eigenvalue weighted by Crippen LogP contribution is 2.25. The average Bonchev–Trinajstić information content (AvgIpc) is 3.17. The number of hydrogen-bond donors (Lipinski definition) is 1. The normalized spacial score (nSPS) is 20.3. The maximum Gasteiger partial charge on any atom is 0.262 e. The molecule has 1 N–H and O–H groups in total. The van der Waals surface area contributed by atoms with Gasteiger partial charge in [0.25, 0.3) is 5.91 Å². The summed E-state index contributed by atoms with van der Waals surface area (Å²) in [6.45, 7) is 7.91. The first-order chi connectivity index (χ1) is 12.9. The number of carbonyl (C=O) groups excluding carboxylic acids is 1. The van der Waals surface area contributed by atoms with Gasteiger partial charge in [0.1, 0.15) is 17.4 Å². The zero-order valence-electron chi connectivity index (χ0n) is 16.4. The highest BCUT2D eigenvalue weighted by Gasteiger charge is 2.24. The first-order valence-corrected chi connectivity index (χ1v) is 9.46. The molecule has 0 bridgehead atoms.